The molecule has 0 atom stereocenters. The molecule has 3 saturated heterocycles. The zero-order chi connectivity index (χ0) is 17.4. The Morgan fingerprint density at radius 3 is 2.52 bits per heavy atom. The van der Waals surface area contributed by atoms with Crippen molar-refractivity contribution in [1.82, 2.24) is 9.47 Å². The SMILES string of the molecule is O=C(OOC(F)F)c1cn(CC23CCN(CC2)CC3)c2ccccc12. The van der Waals surface area contributed by atoms with Gasteiger partial charge in [-0.2, -0.15) is 8.78 Å². The van der Waals surface area contributed by atoms with Gasteiger partial charge in [0.25, 0.3) is 0 Å². The highest BCUT2D eigenvalue weighted by Crippen LogP contribution is 2.42. The molecule has 0 N–H and O–H groups in total. The van der Waals surface area contributed by atoms with Crippen molar-refractivity contribution in [3.8, 4) is 0 Å². The fourth-order valence-electron chi connectivity index (χ4n) is 4.16. The van der Waals surface area contributed by atoms with Crippen LogP contribution in [0.15, 0.2) is 30.5 Å². The summed E-state index contributed by atoms with van der Waals surface area (Å²) in [6, 6.07) is 7.46. The first-order valence-electron chi connectivity index (χ1n) is 8.52. The number of piperidine rings is 3. The van der Waals surface area contributed by atoms with Gasteiger partial charge in [-0.15, -0.1) is 4.89 Å². The van der Waals surface area contributed by atoms with Crippen LogP contribution in [0.3, 0.4) is 0 Å². The van der Waals surface area contributed by atoms with Crippen molar-refractivity contribution in [2.75, 3.05) is 19.6 Å². The van der Waals surface area contributed by atoms with Gasteiger partial charge in [0.1, 0.15) is 0 Å². The van der Waals surface area contributed by atoms with Crippen LogP contribution >= 0.6 is 0 Å². The van der Waals surface area contributed by atoms with Crippen molar-refractivity contribution in [2.24, 2.45) is 5.41 Å². The molecule has 5 rings (SSSR count). The van der Waals surface area contributed by atoms with Crippen LogP contribution in [-0.2, 0) is 16.3 Å². The molecule has 0 radical (unpaired) electrons. The summed E-state index contributed by atoms with van der Waals surface area (Å²) in [6.07, 6.45) is 5.15. The summed E-state index contributed by atoms with van der Waals surface area (Å²) in [7, 11) is 0. The molecule has 1 aromatic heterocycles. The van der Waals surface area contributed by atoms with Crippen LogP contribution in [0.4, 0.5) is 8.78 Å². The normalized spacial score (nSPS) is 25.6. The van der Waals surface area contributed by atoms with E-state index < -0.39 is 12.6 Å². The standard InChI is InChI=1S/C18H20F2N2O3/c19-17(20)25-24-16(23)14-11-22(15-4-2-1-3-13(14)15)12-18-5-8-21(9-6-18)10-7-18/h1-4,11,17H,5-10,12H2. The number of rotatable bonds is 5. The molecule has 134 valence electrons. The maximum absolute atomic E-state index is 12.1. The van der Waals surface area contributed by atoms with E-state index in [2.05, 4.69) is 19.2 Å². The minimum Gasteiger partial charge on any atom is -0.346 e. The summed E-state index contributed by atoms with van der Waals surface area (Å²) < 4.78 is 26.3. The number of hydrogen-bond acceptors (Lipinski definition) is 4. The highest BCUT2D eigenvalue weighted by Gasteiger charge is 2.39. The van der Waals surface area contributed by atoms with Gasteiger partial charge in [0.05, 0.1) is 5.56 Å². The quantitative estimate of drug-likeness (QED) is 0.612. The van der Waals surface area contributed by atoms with Gasteiger partial charge in [-0.1, -0.05) is 18.2 Å². The second-order valence-corrected chi connectivity index (χ2v) is 7.01. The zero-order valence-electron chi connectivity index (χ0n) is 13.8. The summed E-state index contributed by atoms with van der Waals surface area (Å²) in [6.45, 7) is 1.04. The van der Waals surface area contributed by atoms with Crippen molar-refractivity contribution in [2.45, 2.75) is 32.4 Å². The number of carbonyl (C=O) groups is 1. The van der Waals surface area contributed by atoms with Crippen LogP contribution in [-0.4, -0.2) is 41.7 Å². The molecule has 3 aliphatic heterocycles. The molecule has 2 aromatic rings. The summed E-state index contributed by atoms with van der Waals surface area (Å²) in [5, 5.41) is 0.690. The summed E-state index contributed by atoms with van der Waals surface area (Å²) in [4.78, 5) is 22.6. The molecule has 5 nitrogen and oxygen atoms in total. The lowest BCUT2D eigenvalue weighted by atomic mass is 9.72. The van der Waals surface area contributed by atoms with E-state index in [4.69, 9.17) is 0 Å². The minimum atomic E-state index is -3.15. The highest BCUT2D eigenvalue weighted by atomic mass is 19.3. The van der Waals surface area contributed by atoms with E-state index in [1.807, 2.05) is 18.2 Å². The lowest BCUT2D eigenvalue weighted by Crippen LogP contribution is -2.49. The number of fused-ring (bicyclic) bond motifs is 4. The Morgan fingerprint density at radius 2 is 1.84 bits per heavy atom. The van der Waals surface area contributed by atoms with Crippen molar-refractivity contribution < 1.29 is 23.4 Å². The Morgan fingerprint density at radius 1 is 1.16 bits per heavy atom. The van der Waals surface area contributed by atoms with Gasteiger partial charge in [-0.25, -0.2) is 4.79 Å². The maximum atomic E-state index is 12.1. The average Bonchev–Trinajstić information content (AvgIpc) is 2.99. The Bertz CT molecular complexity index is 768. The maximum Gasteiger partial charge on any atom is 0.381 e. The predicted molar refractivity (Wildman–Crippen MR) is 87.2 cm³/mol. The first-order valence-corrected chi connectivity index (χ1v) is 8.52. The number of hydrogen-bond donors (Lipinski definition) is 0. The third kappa shape index (κ3) is 3.14. The van der Waals surface area contributed by atoms with E-state index in [1.54, 1.807) is 12.3 Å². The Labute approximate surface area is 144 Å². The molecule has 7 heteroatoms. The molecule has 0 aliphatic carbocycles. The van der Waals surface area contributed by atoms with Gasteiger partial charge in [0.15, 0.2) is 0 Å². The largest absolute Gasteiger partial charge is 0.381 e. The second kappa shape index (κ2) is 6.38. The lowest BCUT2D eigenvalue weighted by molar-refractivity contribution is -0.343. The minimum absolute atomic E-state index is 0.247. The monoisotopic (exact) mass is 350 g/mol. The highest BCUT2D eigenvalue weighted by molar-refractivity contribution is 6.04. The zero-order valence-corrected chi connectivity index (χ0v) is 13.8. The van der Waals surface area contributed by atoms with Gasteiger partial charge in [0.2, 0.25) is 0 Å². The van der Waals surface area contributed by atoms with E-state index in [0.29, 0.717) is 5.39 Å². The van der Waals surface area contributed by atoms with E-state index in [9.17, 15) is 13.6 Å². The van der Waals surface area contributed by atoms with Crippen molar-refractivity contribution in [3.05, 3.63) is 36.0 Å². The molecular weight excluding hydrogens is 330 g/mol. The number of aromatic nitrogens is 1. The molecule has 0 unspecified atom stereocenters. The number of carbonyl (C=O) groups excluding carboxylic acids is 1. The van der Waals surface area contributed by atoms with E-state index in [-0.39, 0.29) is 11.0 Å². The number of benzene rings is 1. The number of halogens is 2. The molecular formula is C18H20F2N2O3. The molecule has 3 aliphatic rings. The molecule has 0 saturated carbocycles. The fraction of sp³-hybridized carbons (Fsp3) is 0.500. The molecule has 2 bridgehead atoms. The van der Waals surface area contributed by atoms with Crippen LogP contribution < -0.4 is 0 Å². The Balaban J connectivity index is 1.64. The summed E-state index contributed by atoms with van der Waals surface area (Å²) in [5.41, 5.74) is 1.41. The molecule has 0 spiro atoms. The molecule has 3 fully saturated rings. The van der Waals surface area contributed by atoms with Crippen molar-refractivity contribution >= 4 is 16.9 Å². The fourth-order valence-corrected chi connectivity index (χ4v) is 4.16. The average molecular weight is 350 g/mol. The van der Waals surface area contributed by atoms with Gasteiger partial charge in [-0.3, -0.25) is 4.89 Å². The van der Waals surface area contributed by atoms with Crippen LogP contribution in [0.25, 0.3) is 10.9 Å². The van der Waals surface area contributed by atoms with Crippen LogP contribution in [0.5, 0.6) is 0 Å². The van der Waals surface area contributed by atoms with E-state index in [1.165, 1.54) is 0 Å². The molecule has 0 amide bonds. The first kappa shape index (κ1) is 16.5. The number of nitrogens with zero attached hydrogens (tertiary/aromatic N) is 2. The van der Waals surface area contributed by atoms with Crippen LogP contribution in [0.1, 0.15) is 29.6 Å². The van der Waals surface area contributed by atoms with E-state index >= 15 is 0 Å². The predicted octanol–water partition coefficient (Wildman–Crippen LogP) is 3.44. The van der Waals surface area contributed by atoms with Gasteiger partial charge in [-0.05, 0) is 50.4 Å². The topological polar surface area (TPSA) is 43.7 Å². The third-order valence-electron chi connectivity index (χ3n) is 5.59. The Kier molecular flexibility index (Phi) is 4.21. The second-order valence-electron chi connectivity index (χ2n) is 7.01. The Hall–Kier alpha value is -1.99. The van der Waals surface area contributed by atoms with E-state index in [0.717, 1.165) is 51.0 Å². The molecule has 25 heavy (non-hydrogen) atoms. The lowest BCUT2D eigenvalue weighted by Gasteiger charge is -2.48. The van der Waals surface area contributed by atoms with Gasteiger partial charge >= 0.3 is 12.6 Å². The first-order chi connectivity index (χ1) is 12.1. The van der Waals surface area contributed by atoms with Gasteiger partial charge in [0, 0.05) is 23.6 Å². The van der Waals surface area contributed by atoms with Crippen molar-refractivity contribution in [3.63, 3.8) is 0 Å². The van der Waals surface area contributed by atoms with Gasteiger partial charge < -0.3 is 9.47 Å². The summed E-state index contributed by atoms with van der Waals surface area (Å²) in [5.74, 6) is -0.897. The van der Waals surface area contributed by atoms with Crippen molar-refractivity contribution in [1.29, 1.82) is 0 Å². The molecule has 1 aromatic carbocycles. The van der Waals surface area contributed by atoms with Crippen LogP contribution in [0, 0.1) is 5.41 Å². The number of alkyl halides is 2. The van der Waals surface area contributed by atoms with Crippen LogP contribution in [0.2, 0.25) is 0 Å². The summed E-state index contributed by atoms with van der Waals surface area (Å²) >= 11 is 0. The molecule has 4 heterocycles. The number of para-hydroxylation sites is 1. The smallest absolute Gasteiger partial charge is 0.346 e. The third-order valence-corrected chi connectivity index (χ3v) is 5.59.